The Labute approximate surface area is 78.1 Å². The van der Waals surface area contributed by atoms with Gasteiger partial charge in [0.15, 0.2) is 0 Å². The van der Waals surface area contributed by atoms with E-state index in [1.807, 2.05) is 0 Å². The number of anilines is 1. The molecular formula is C9H7FN2O2. The summed E-state index contributed by atoms with van der Waals surface area (Å²) in [6.45, 7) is 0. The van der Waals surface area contributed by atoms with Gasteiger partial charge in [-0.05, 0) is 12.1 Å². The van der Waals surface area contributed by atoms with Gasteiger partial charge >= 0.3 is 5.97 Å². The molecule has 0 saturated carbocycles. The third kappa shape index (κ3) is 1.19. The average molecular weight is 194 g/mol. The zero-order chi connectivity index (χ0) is 10.3. The molecule has 0 aliphatic carbocycles. The Bertz CT molecular complexity index is 480. The molecule has 14 heavy (non-hydrogen) atoms. The van der Waals surface area contributed by atoms with Crippen LogP contribution in [0.25, 0.3) is 10.9 Å². The van der Waals surface area contributed by atoms with Crippen LogP contribution in [0.2, 0.25) is 0 Å². The lowest BCUT2D eigenvalue weighted by atomic mass is 10.2. The van der Waals surface area contributed by atoms with Gasteiger partial charge in [0.1, 0.15) is 11.5 Å². The van der Waals surface area contributed by atoms with Crippen LogP contribution in [0, 0.1) is 5.82 Å². The van der Waals surface area contributed by atoms with Gasteiger partial charge in [-0.15, -0.1) is 0 Å². The van der Waals surface area contributed by atoms with Crippen LogP contribution in [0.15, 0.2) is 18.2 Å². The van der Waals surface area contributed by atoms with Gasteiger partial charge < -0.3 is 15.8 Å². The van der Waals surface area contributed by atoms with Crippen molar-refractivity contribution in [2.45, 2.75) is 0 Å². The lowest BCUT2D eigenvalue weighted by Crippen LogP contribution is -1.94. The van der Waals surface area contributed by atoms with Gasteiger partial charge in [0.2, 0.25) is 0 Å². The fourth-order valence-electron chi connectivity index (χ4n) is 1.29. The van der Waals surface area contributed by atoms with Crippen LogP contribution < -0.4 is 5.73 Å². The Balaban J connectivity index is 2.72. The summed E-state index contributed by atoms with van der Waals surface area (Å²) in [4.78, 5) is 13.2. The van der Waals surface area contributed by atoms with Crippen LogP contribution in [-0.2, 0) is 0 Å². The summed E-state index contributed by atoms with van der Waals surface area (Å²) in [7, 11) is 0. The maximum absolute atomic E-state index is 13.0. The van der Waals surface area contributed by atoms with Crippen molar-refractivity contribution in [1.82, 2.24) is 4.98 Å². The first-order chi connectivity index (χ1) is 6.58. The second kappa shape index (κ2) is 2.73. The molecule has 1 heterocycles. The lowest BCUT2D eigenvalue weighted by Gasteiger charge is -1.95. The summed E-state index contributed by atoms with van der Waals surface area (Å²) in [5.41, 5.74) is 5.79. The molecule has 1 aromatic heterocycles. The fraction of sp³-hybridized carbons (Fsp3) is 0. The number of halogens is 1. The van der Waals surface area contributed by atoms with Crippen LogP contribution in [0.5, 0.6) is 0 Å². The summed E-state index contributed by atoms with van der Waals surface area (Å²) in [5.74, 6) is -1.64. The number of benzene rings is 1. The monoisotopic (exact) mass is 194 g/mol. The third-order valence-electron chi connectivity index (χ3n) is 1.97. The quantitative estimate of drug-likeness (QED) is 0.603. The van der Waals surface area contributed by atoms with Crippen molar-refractivity contribution in [1.29, 1.82) is 0 Å². The number of aromatic carboxylic acids is 1. The highest BCUT2D eigenvalue weighted by Crippen LogP contribution is 2.21. The Morgan fingerprint density at radius 3 is 2.79 bits per heavy atom. The predicted octanol–water partition coefficient (Wildman–Crippen LogP) is 1.59. The molecule has 5 heteroatoms. The molecule has 1 aromatic carbocycles. The van der Waals surface area contributed by atoms with E-state index < -0.39 is 11.8 Å². The molecule has 0 bridgehead atoms. The standard InChI is InChI=1S/C9H7FN2O2/c10-5-3-7-4(1-6(5)11)2-8(12-7)9(13)14/h1-3,12H,11H2,(H,13,14). The molecule has 2 aromatic rings. The number of aromatic amines is 1. The number of aromatic nitrogens is 1. The second-order valence-corrected chi connectivity index (χ2v) is 2.95. The number of fused-ring (bicyclic) bond motifs is 1. The topological polar surface area (TPSA) is 79.1 Å². The molecule has 0 radical (unpaired) electrons. The molecule has 0 saturated heterocycles. The number of nitrogen functional groups attached to an aromatic ring is 1. The van der Waals surface area contributed by atoms with E-state index in [0.717, 1.165) is 0 Å². The van der Waals surface area contributed by atoms with Crippen LogP contribution >= 0.6 is 0 Å². The number of carboxylic acid groups (broad SMARTS) is 1. The molecule has 4 nitrogen and oxygen atoms in total. The van der Waals surface area contributed by atoms with Crippen molar-refractivity contribution >= 4 is 22.6 Å². The molecule has 0 aliphatic heterocycles. The largest absolute Gasteiger partial charge is 0.477 e. The molecule has 0 unspecified atom stereocenters. The zero-order valence-electron chi connectivity index (χ0n) is 7.04. The SMILES string of the molecule is Nc1cc2cc(C(=O)O)[nH]c2cc1F. The molecule has 0 atom stereocenters. The van der Waals surface area contributed by atoms with Crippen molar-refractivity contribution in [3.8, 4) is 0 Å². The smallest absolute Gasteiger partial charge is 0.352 e. The van der Waals surface area contributed by atoms with Crippen LogP contribution in [0.1, 0.15) is 10.5 Å². The molecule has 2 rings (SSSR count). The van der Waals surface area contributed by atoms with Crippen LogP contribution in [0.3, 0.4) is 0 Å². The number of hydrogen-bond donors (Lipinski definition) is 3. The number of nitrogens with one attached hydrogen (secondary N) is 1. The molecule has 0 amide bonds. The zero-order valence-corrected chi connectivity index (χ0v) is 7.04. The Morgan fingerprint density at radius 1 is 1.43 bits per heavy atom. The maximum atomic E-state index is 13.0. The van der Waals surface area contributed by atoms with E-state index in [1.165, 1.54) is 18.2 Å². The average Bonchev–Trinajstić information content (AvgIpc) is 2.48. The minimum absolute atomic E-state index is 0.00781. The molecule has 0 fully saturated rings. The van der Waals surface area contributed by atoms with E-state index in [1.54, 1.807) is 0 Å². The minimum Gasteiger partial charge on any atom is -0.477 e. The van der Waals surface area contributed by atoms with Crippen molar-refractivity contribution in [2.24, 2.45) is 0 Å². The van der Waals surface area contributed by atoms with E-state index in [4.69, 9.17) is 10.8 Å². The molecule has 72 valence electrons. The van der Waals surface area contributed by atoms with Gasteiger partial charge in [0, 0.05) is 17.0 Å². The fourth-order valence-corrected chi connectivity index (χ4v) is 1.29. The van der Waals surface area contributed by atoms with Crippen molar-refractivity contribution in [3.05, 3.63) is 29.7 Å². The van der Waals surface area contributed by atoms with Crippen molar-refractivity contribution in [2.75, 3.05) is 5.73 Å². The molecular weight excluding hydrogens is 187 g/mol. The highest BCUT2D eigenvalue weighted by atomic mass is 19.1. The van der Waals surface area contributed by atoms with Crippen molar-refractivity contribution < 1.29 is 14.3 Å². The normalized spacial score (nSPS) is 10.6. The van der Waals surface area contributed by atoms with E-state index >= 15 is 0 Å². The van der Waals surface area contributed by atoms with Gasteiger partial charge in [-0.3, -0.25) is 0 Å². The van der Waals surface area contributed by atoms with E-state index in [-0.39, 0.29) is 11.4 Å². The summed E-state index contributed by atoms with van der Waals surface area (Å²) in [6, 6.07) is 3.98. The number of carboxylic acids is 1. The predicted molar refractivity (Wildman–Crippen MR) is 49.6 cm³/mol. The van der Waals surface area contributed by atoms with Crippen LogP contribution in [0.4, 0.5) is 10.1 Å². The third-order valence-corrected chi connectivity index (χ3v) is 1.97. The lowest BCUT2D eigenvalue weighted by molar-refractivity contribution is 0.0691. The molecule has 0 spiro atoms. The first kappa shape index (κ1) is 8.55. The van der Waals surface area contributed by atoms with E-state index in [2.05, 4.69) is 4.98 Å². The minimum atomic E-state index is -1.08. The van der Waals surface area contributed by atoms with E-state index in [0.29, 0.717) is 10.9 Å². The molecule has 0 aliphatic rings. The van der Waals surface area contributed by atoms with Gasteiger partial charge in [-0.2, -0.15) is 0 Å². The summed E-state index contributed by atoms with van der Waals surface area (Å²) in [6.07, 6.45) is 0. The molecule has 4 N–H and O–H groups in total. The number of carbonyl (C=O) groups is 1. The Morgan fingerprint density at radius 2 is 2.14 bits per heavy atom. The van der Waals surface area contributed by atoms with Gasteiger partial charge in [-0.25, -0.2) is 9.18 Å². The number of H-pyrrole nitrogens is 1. The number of nitrogens with two attached hydrogens (primary N) is 1. The summed E-state index contributed by atoms with van der Waals surface area (Å²) >= 11 is 0. The maximum Gasteiger partial charge on any atom is 0.352 e. The van der Waals surface area contributed by atoms with Crippen LogP contribution in [-0.4, -0.2) is 16.1 Å². The van der Waals surface area contributed by atoms with E-state index in [9.17, 15) is 9.18 Å². The Hall–Kier alpha value is -2.04. The van der Waals surface area contributed by atoms with Gasteiger partial charge in [0.05, 0.1) is 5.69 Å². The van der Waals surface area contributed by atoms with Gasteiger partial charge in [-0.1, -0.05) is 0 Å². The second-order valence-electron chi connectivity index (χ2n) is 2.95. The highest BCUT2D eigenvalue weighted by molar-refractivity contribution is 5.94. The van der Waals surface area contributed by atoms with Gasteiger partial charge in [0.25, 0.3) is 0 Å². The summed E-state index contributed by atoms with van der Waals surface area (Å²) in [5, 5.41) is 9.25. The highest BCUT2D eigenvalue weighted by Gasteiger charge is 2.09. The van der Waals surface area contributed by atoms with Crippen molar-refractivity contribution in [3.63, 3.8) is 0 Å². The number of rotatable bonds is 1. The first-order valence-electron chi connectivity index (χ1n) is 3.89. The first-order valence-corrected chi connectivity index (χ1v) is 3.89. The Kier molecular flexibility index (Phi) is 1.67. The summed E-state index contributed by atoms with van der Waals surface area (Å²) < 4.78 is 13.0. The number of hydrogen-bond acceptors (Lipinski definition) is 2.